The smallest absolute Gasteiger partial charge is 0.304 e. The van der Waals surface area contributed by atoms with Gasteiger partial charge < -0.3 is 4.55 Å². The highest BCUT2D eigenvalue weighted by molar-refractivity contribution is 7.92. The molecule has 6 nitrogen and oxygen atoms in total. The Hall–Kier alpha value is -0.960. The van der Waals surface area contributed by atoms with Crippen LogP contribution in [0.5, 0.6) is 0 Å². The Bertz CT molecular complexity index is 689. The van der Waals surface area contributed by atoms with Crippen molar-refractivity contribution in [2.45, 2.75) is 23.7 Å². The molecule has 0 N–H and O–H groups in total. The number of rotatable bonds is 3. The van der Waals surface area contributed by atoms with Crippen molar-refractivity contribution < 1.29 is 4.55 Å². The van der Waals surface area contributed by atoms with E-state index >= 15 is 0 Å². The quantitative estimate of drug-likeness (QED) is 0.781. The molecule has 8 heteroatoms. The molecule has 108 valence electrons. The molecule has 3 rings (SSSR count). The normalized spacial score (nSPS) is 17.9. The van der Waals surface area contributed by atoms with Gasteiger partial charge in [0.15, 0.2) is 10.3 Å². The molecule has 1 saturated heterocycles. The lowest BCUT2D eigenvalue weighted by Crippen LogP contribution is -2.28. The zero-order chi connectivity index (χ0) is 14.3. The standard InChI is InChI=1S/C12H16N4O2S2/c1-15-8(7-16-5-3-4-6-16)13-10-9(11(15)17)14-12(19-10)20(2)18/h3-7H2,1-2H3. The van der Waals surface area contributed by atoms with Gasteiger partial charge in [0.2, 0.25) is 0 Å². The van der Waals surface area contributed by atoms with Crippen LogP contribution in [0, 0.1) is 0 Å². The first-order chi connectivity index (χ1) is 9.56. The van der Waals surface area contributed by atoms with Crippen LogP contribution in [0.1, 0.15) is 18.7 Å². The molecule has 20 heavy (non-hydrogen) atoms. The van der Waals surface area contributed by atoms with Crippen LogP contribution in [0.3, 0.4) is 0 Å². The van der Waals surface area contributed by atoms with E-state index in [9.17, 15) is 9.35 Å². The zero-order valence-corrected chi connectivity index (χ0v) is 13.1. The highest BCUT2D eigenvalue weighted by Crippen LogP contribution is 2.22. The molecule has 0 spiro atoms. The van der Waals surface area contributed by atoms with Gasteiger partial charge in [-0.2, -0.15) is 4.98 Å². The van der Waals surface area contributed by atoms with E-state index in [0.29, 0.717) is 21.2 Å². The van der Waals surface area contributed by atoms with Crippen LogP contribution in [0.2, 0.25) is 0 Å². The summed E-state index contributed by atoms with van der Waals surface area (Å²) in [6.45, 7) is 2.80. The fourth-order valence-electron chi connectivity index (χ4n) is 2.38. The number of likely N-dealkylation sites (tertiary alicyclic amines) is 1. The summed E-state index contributed by atoms with van der Waals surface area (Å²) in [6.07, 6.45) is 3.97. The van der Waals surface area contributed by atoms with Crippen molar-refractivity contribution in [1.29, 1.82) is 0 Å². The van der Waals surface area contributed by atoms with E-state index in [1.165, 1.54) is 24.2 Å². The van der Waals surface area contributed by atoms with Crippen LogP contribution in [-0.2, 0) is 24.8 Å². The molecule has 1 atom stereocenters. The summed E-state index contributed by atoms with van der Waals surface area (Å²) < 4.78 is 13.5. The van der Waals surface area contributed by atoms with Crippen molar-refractivity contribution in [2.24, 2.45) is 7.05 Å². The van der Waals surface area contributed by atoms with Gasteiger partial charge in [-0.1, -0.05) is 0 Å². The summed E-state index contributed by atoms with van der Waals surface area (Å²) in [6, 6.07) is 0. The minimum Gasteiger partial charge on any atom is -0.610 e. The van der Waals surface area contributed by atoms with Crippen LogP contribution in [0.25, 0.3) is 10.3 Å². The van der Waals surface area contributed by atoms with Gasteiger partial charge in [-0.3, -0.25) is 14.3 Å². The van der Waals surface area contributed by atoms with E-state index in [4.69, 9.17) is 0 Å². The topological polar surface area (TPSA) is 74.1 Å². The molecular formula is C12H16N4O2S2. The molecule has 1 fully saturated rings. The largest absolute Gasteiger partial charge is 0.610 e. The maximum atomic E-state index is 12.3. The number of nitrogens with zero attached hydrogens (tertiary/aromatic N) is 4. The SMILES string of the molecule is Cn1c(CN2CCCC2)nc2sc([S+](C)[O-])nc2c1=O. The van der Waals surface area contributed by atoms with Gasteiger partial charge in [0.1, 0.15) is 12.1 Å². The third-order valence-electron chi connectivity index (χ3n) is 3.52. The Morgan fingerprint density at radius 3 is 2.70 bits per heavy atom. The van der Waals surface area contributed by atoms with Gasteiger partial charge in [0, 0.05) is 18.2 Å². The Morgan fingerprint density at radius 2 is 2.05 bits per heavy atom. The Labute approximate surface area is 123 Å². The first-order valence-corrected chi connectivity index (χ1v) is 8.86. The number of thiazole rings is 1. The van der Waals surface area contributed by atoms with Crippen LogP contribution in [-0.4, -0.2) is 43.3 Å². The van der Waals surface area contributed by atoms with Crippen LogP contribution < -0.4 is 5.56 Å². The summed E-state index contributed by atoms with van der Waals surface area (Å²) >= 11 is 0.0679. The Kier molecular flexibility index (Phi) is 3.80. The molecule has 2 aromatic rings. The predicted octanol–water partition coefficient (Wildman–Crippen LogP) is 0.723. The van der Waals surface area contributed by atoms with E-state index in [2.05, 4.69) is 14.9 Å². The number of aromatic nitrogens is 3. The first kappa shape index (κ1) is 14.0. The first-order valence-electron chi connectivity index (χ1n) is 6.48. The lowest BCUT2D eigenvalue weighted by Gasteiger charge is -2.15. The van der Waals surface area contributed by atoms with E-state index in [-0.39, 0.29) is 5.56 Å². The zero-order valence-electron chi connectivity index (χ0n) is 11.5. The molecule has 0 radical (unpaired) electrons. The lowest BCUT2D eigenvalue weighted by atomic mass is 10.4. The van der Waals surface area contributed by atoms with Crippen molar-refractivity contribution in [3.05, 3.63) is 16.2 Å². The van der Waals surface area contributed by atoms with Crippen molar-refractivity contribution in [1.82, 2.24) is 19.4 Å². The maximum absolute atomic E-state index is 12.3. The average Bonchev–Trinajstić information content (AvgIpc) is 3.04. The lowest BCUT2D eigenvalue weighted by molar-refractivity contribution is 0.317. The van der Waals surface area contributed by atoms with E-state index < -0.39 is 11.2 Å². The highest BCUT2D eigenvalue weighted by Gasteiger charge is 2.20. The Balaban J connectivity index is 2.04. The fraction of sp³-hybridized carbons (Fsp3) is 0.583. The average molecular weight is 312 g/mol. The van der Waals surface area contributed by atoms with Crippen LogP contribution >= 0.6 is 11.3 Å². The fourth-order valence-corrected chi connectivity index (χ4v) is 3.99. The van der Waals surface area contributed by atoms with Crippen molar-refractivity contribution in [2.75, 3.05) is 19.3 Å². The minimum absolute atomic E-state index is 0.155. The number of hydrogen-bond acceptors (Lipinski definition) is 6. The van der Waals surface area contributed by atoms with Crippen LogP contribution in [0.4, 0.5) is 0 Å². The number of hydrogen-bond donors (Lipinski definition) is 0. The molecule has 3 heterocycles. The van der Waals surface area contributed by atoms with Gasteiger partial charge in [-0.25, -0.2) is 4.98 Å². The van der Waals surface area contributed by atoms with Gasteiger partial charge in [0.25, 0.3) is 5.56 Å². The summed E-state index contributed by atoms with van der Waals surface area (Å²) in [7, 11) is 1.72. The van der Waals surface area contributed by atoms with Crippen molar-refractivity contribution >= 4 is 32.9 Å². The van der Waals surface area contributed by atoms with Crippen molar-refractivity contribution in [3.8, 4) is 0 Å². The molecule has 0 aromatic carbocycles. The molecule has 1 aliphatic rings. The molecule has 0 amide bonds. The highest BCUT2D eigenvalue weighted by atomic mass is 32.2. The molecule has 0 saturated carbocycles. The summed E-state index contributed by atoms with van der Waals surface area (Å²) in [4.78, 5) is 23.9. The predicted molar refractivity (Wildman–Crippen MR) is 79.5 cm³/mol. The molecule has 2 aromatic heterocycles. The Morgan fingerprint density at radius 1 is 1.35 bits per heavy atom. The van der Waals surface area contributed by atoms with E-state index in [1.807, 2.05) is 0 Å². The summed E-state index contributed by atoms with van der Waals surface area (Å²) in [5.74, 6) is 0.751. The van der Waals surface area contributed by atoms with Gasteiger partial charge >= 0.3 is 4.34 Å². The monoisotopic (exact) mass is 312 g/mol. The second-order valence-corrected chi connectivity index (χ2v) is 7.49. The minimum atomic E-state index is -1.18. The molecule has 1 unspecified atom stereocenters. The van der Waals surface area contributed by atoms with E-state index in [1.54, 1.807) is 17.9 Å². The van der Waals surface area contributed by atoms with Crippen LogP contribution in [0.15, 0.2) is 9.13 Å². The third kappa shape index (κ3) is 2.48. The molecule has 1 aliphatic heterocycles. The maximum Gasteiger partial charge on any atom is 0.304 e. The van der Waals surface area contributed by atoms with Gasteiger partial charge in [0.05, 0.1) is 6.54 Å². The second-order valence-electron chi connectivity index (χ2n) is 4.96. The molecular weight excluding hydrogens is 296 g/mol. The second kappa shape index (κ2) is 5.44. The van der Waals surface area contributed by atoms with Crippen molar-refractivity contribution in [3.63, 3.8) is 0 Å². The number of fused-ring (bicyclic) bond motifs is 1. The summed E-state index contributed by atoms with van der Waals surface area (Å²) in [5, 5.41) is 0. The summed E-state index contributed by atoms with van der Waals surface area (Å²) in [5.41, 5.74) is 0.171. The van der Waals surface area contributed by atoms with Gasteiger partial charge in [-0.05, 0) is 37.3 Å². The molecule has 0 bridgehead atoms. The molecule has 0 aliphatic carbocycles. The van der Waals surface area contributed by atoms with Gasteiger partial charge in [-0.15, -0.1) is 0 Å². The van der Waals surface area contributed by atoms with E-state index in [0.717, 1.165) is 18.9 Å². The third-order valence-corrected chi connectivity index (χ3v) is 5.81.